The zero-order chi connectivity index (χ0) is 4.99. The van der Waals surface area contributed by atoms with Gasteiger partial charge < -0.3 is 0 Å². The summed E-state index contributed by atoms with van der Waals surface area (Å²) in [6, 6.07) is 0. The highest BCUT2D eigenvalue weighted by atomic mass is 33.1. The van der Waals surface area contributed by atoms with Crippen LogP contribution in [0.1, 0.15) is 13.3 Å². The van der Waals surface area contributed by atoms with Gasteiger partial charge in [-0.2, -0.15) is 0 Å². The van der Waals surface area contributed by atoms with Gasteiger partial charge in [-0.1, -0.05) is 17.7 Å². The van der Waals surface area contributed by atoms with Crippen molar-refractivity contribution in [3.63, 3.8) is 0 Å². The van der Waals surface area contributed by atoms with Gasteiger partial charge >= 0.3 is 0 Å². The summed E-state index contributed by atoms with van der Waals surface area (Å²) < 4.78 is 0. The van der Waals surface area contributed by atoms with Gasteiger partial charge in [0, 0.05) is 10.2 Å². The van der Waals surface area contributed by atoms with E-state index in [0.717, 1.165) is 4.87 Å². The fraction of sp³-hybridized carbons (Fsp3) is 1.00. The lowest BCUT2D eigenvalue weighted by molar-refractivity contribution is 1.05. The molecule has 0 aromatic carbocycles. The third-order valence-corrected chi connectivity index (χ3v) is 5.24. The molecule has 0 bridgehead atoms. The van der Waals surface area contributed by atoms with Crippen molar-refractivity contribution < 1.29 is 0 Å². The molecule has 6 heavy (non-hydrogen) atoms. The molecule has 1 unspecified atom stereocenters. The molecular weight excluding hydrogens is 128 g/mol. The Balaban J connectivity index is 2.75. The normalized spacial score (nSPS) is 15.0. The van der Waals surface area contributed by atoms with Crippen LogP contribution in [0.2, 0.25) is 0 Å². The zero-order valence-corrected chi connectivity index (χ0v) is 7.85. The second kappa shape index (κ2) is 4.09. The van der Waals surface area contributed by atoms with Crippen molar-refractivity contribution in [2.75, 3.05) is 0 Å². The van der Waals surface area contributed by atoms with Gasteiger partial charge in [-0.3, -0.25) is 0 Å². The molecule has 0 aliphatic carbocycles. The van der Waals surface area contributed by atoms with Gasteiger partial charge in [-0.25, -0.2) is 0 Å². The monoisotopic (exact) mass is 138 g/mol. The van der Waals surface area contributed by atoms with E-state index in [0.29, 0.717) is 0 Å². The van der Waals surface area contributed by atoms with E-state index in [1.165, 1.54) is 16.7 Å². The van der Waals surface area contributed by atoms with Gasteiger partial charge in [-0.15, -0.1) is 11.7 Å². The van der Waals surface area contributed by atoms with Crippen molar-refractivity contribution in [2.24, 2.45) is 0 Å². The van der Waals surface area contributed by atoms with E-state index in [4.69, 9.17) is 0 Å². The Labute approximate surface area is 51.3 Å². The van der Waals surface area contributed by atoms with Crippen LogP contribution in [0.5, 0.6) is 0 Å². The van der Waals surface area contributed by atoms with Crippen LogP contribution in [0.4, 0.5) is 0 Å². The van der Waals surface area contributed by atoms with Crippen molar-refractivity contribution in [3.05, 3.63) is 0 Å². The summed E-state index contributed by atoms with van der Waals surface area (Å²) in [6.45, 7) is 2.20. The smallest absolute Gasteiger partial charge is 0.0203 e. The maximum Gasteiger partial charge on any atom is 0.0203 e. The van der Waals surface area contributed by atoms with E-state index < -0.39 is 0 Å². The Morgan fingerprint density at radius 3 is 2.50 bits per heavy atom. The molecule has 38 valence electrons. The van der Waals surface area contributed by atoms with Crippen molar-refractivity contribution in [1.82, 2.24) is 0 Å². The number of hydrogen-bond donors (Lipinski definition) is 1. The molecule has 0 heterocycles. The summed E-state index contributed by atoms with van der Waals surface area (Å²) in [5.41, 5.74) is 0. The lowest BCUT2D eigenvalue weighted by Gasteiger charge is -1.97. The van der Waals surface area contributed by atoms with Crippen LogP contribution in [0.25, 0.3) is 0 Å². The van der Waals surface area contributed by atoms with E-state index in [2.05, 4.69) is 18.6 Å². The standard InChI is InChI=1S/C3H10S2Si/c1-2-3(6)5-4/h3-4H,2H2,1,6H3. The molecule has 0 aliphatic heterocycles. The lowest BCUT2D eigenvalue weighted by Crippen LogP contribution is -1.93. The van der Waals surface area contributed by atoms with Crippen LogP contribution in [-0.4, -0.2) is 15.1 Å². The van der Waals surface area contributed by atoms with Gasteiger partial charge in [0.1, 0.15) is 0 Å². The molecule has 0 nitrogen and oxygen atoms in total. The molecule has 1 atom stereocenters. The third kappa shape index (κ3) is 3.12. The fourth-order valence-corrected chi connectivity index (χ4v) is 0.671. The molecule has 0 radical (unpaired) electrons. The molecule has 0 fully saturated rings. The fourth-order valence-electron chi connectivity index (χ4n) is 0.0745. The highest BCUT2D eigenvalue weighted by molar-refractivity contribution is 8.69. The van der Waals surface area contributed by atoms with Crippen molar-refractivity contribution in [3.8, 4) is 0 Å². The highest BCUT2D eigenvalue weighted by Crippen LogP contribution is 2.13. The summed E-state index contributed by atoms with van der Waals surface area (Å²) in [4.78, 5) is 0.855. The van der Waals surface area contributed by atoms with E-state index in [1.807, 2.05) is 0 Å². The Bertz CT molecular complexity index is 28.0. The van der Waals surface area contributed by atoms with Crippen molar-refractivity contribution in [2.45, 2.75) is 18.2 Å². The van der Waals surface area contributed by atoms with Gasteiger partial charge in [0.25, 0.3) is 0 Å². The number of rotatable bonds is 2. The first-order chi connectivity index (χ1) is 2.81. The molecule has 0 rings (SSSR count). The minimum absolute atomic E-state index is 0.855. The average Bonchev–Trinajstić information content (AvgIpc) is 1.65. The van der Waals surface area contributed by atoms with Gasteiger partial charge in [-0.05, 0) is 11.3 Å². The van der Waals surface area contributed by atoms with Crippen LogP contribution >= 0.6 is 22.5 Å². The molecule has 0 saturated carbocycles. The topological polar surface area (TPSA) is 0 Å². The van der Waals surface area contributed by atoms with Crippen LogP contribution in [-0.2, 0) is 0 Å². The lowest BCUT2D eigenvalue weighted by atomic mass is 10.6. The largest absolute Gasteiger partial charge is 0.111 e. The van der Waals surface area contributed by atoms with E-state index in [9.17, 15) is 0 Å². The molecule has 0 aliphatic rings. The molecule has 0 aromatic heterocycles. The van der Waals surface area contributed by atoms with Crippen molar-refractivity contribution >= 4 is 32.7 Å². The summed E-state index contributed by atoms with van der Waals surface area (Å²) in [6.07, 6.45) is 1.28. The SMILES string of the molecule is CCC([SiH3])SS. The second-order valence-corrected chi connectivity index (χ2v) is 5.20. The summed E-state index contributed by atoms with van der Waals surface area (Å²) in [5, 5.41) is 0. The summed E-state index contributed by atoms with van der Waals surface area (Å²) in [7, 11) is 2.96. The molecule has 0 aromatic rings. The molecular formula is C3H10S2Si. The average molecular weight is 138 g/mol. The van der Waals surface area contributed by atoms with Crippen molar-refractivity contribution in [1.29, 1.82) is 0 Å². The van der Waals surface area contributed by atoms with E-state index >= 15 is 0 Å². The Kier molecular flexibility index (Phi) is 4.71. The minimum atomic E-state index is 0.855. The van der Waals surface area contributed by atoms with Gasteiger partial charge in [0.15, 0.2) is 0 Å². The van der Waals surface area contributed by atoms with E-state index in [1.54, 1.807) is 10.8 Å². The number of thiol groups is 1. The third-order valence-electron chi connectivity index (χ3n) is 0.755. The first-order valence-electron chi connectivity index (χ1n) is 2.11. The van der Waals surface area contributed by atoms with Crippen LogP contribution in [0, 0.1) is 0 Å². The van der Waals surface area contributed by atoms with Crippen LogP contribution in [0.3, 0.4) is 0 Å². The zero-order valence-electron chi connectivity index (χ0n) is 4.14. The first-order valence-corrected chi connectivity index (χ1v) is 5.20. The second-order valence-electron chi connectivity index (χ2n) is 1.32. The minimum Gasteiger partial charge on any atom is -0.111 e. The Morgan fingerprint density at radius 2 is 2.50 bits per heavy atom. The van der Waals surface area contributed by atoms with Gasteiger partial charge in [0.05, 0.1) is 0 Å². The molecule has 0 N–H and O–H groups in total. The Hall–Kier alpha value is 0.917. The quantitative estimate of drug-likeness (QED) is 0.332. The molecule has 0 saturated heterocycles. The molecule has 3 heteroatoms. The maximum atomic E-state index is 4.05. The van der Waals surface area contributed by atoms with Crippen LogP contribution in [0.15, 0.2) is 0 Å². The van der Waals surface area contributed by atoms with Crippen LogP contribution < -0.4 is 0 Å². The number of hydrogen-bond acceptors (Lipinski definition) is 2. The predicted molar refractivity (Wildman–Crippen MR) is 40.6 cm³/mol. The summed E-state index contributed by atoms with van der Waals surface area (Å²) >= 11 is 4.05. The van der Waals surface area contributed by atoms with Gasteiger partial charge in [0.2, 0.25) is 0 Å². The first kappa shape index (κ1) is 6.92. The maximum absolute atomic E-state index is 4.05. The molecule has 0 spiro atoms. The predicted octanol–water partition coefficient (Wildman–Crippen LogP) is 0.666. The summed E-state index contributed by atoms with van der Waals surface area (Å²) in [5.74, 6) is 0. The van der Waals surface area contributed by atoms with E-state index in [-0.39, 0.29) is 0 Å². The molecule has 0 amide bonds. The Morgan fingerprint density at radius 1 is 2.00 bits per heavy atom. The highest BCUT2D eigenvalue weighted by Gasteiger charge is 1.90.